The average molecular weight is 373 g/mol. The maximum Gasteiger partial charge on any atom is 0.171 e. The molecule has 1 saturated carbocycles. The lowest BCUT2D eigenvalue weighted by Gasteiger charge is -2.05. The Morgan fingerprint density at radius 2 is 1.82 bits per heavy atom. The third-order valence-corrected chi connectivity index (χ3v) is 5.50. The Labute approximate surface area is 163 Å². The Hall–Kier alpha value is -3.09. The summed E-state index contributed by atoms with van der Waals surface area (Å²) >= 11 is 0. The molecular formula is C21H23N7. The van der Waals surface area contributed by atoms with Crippen LogP contribution in [0.15, 0.2) is 30.5 Å². The van der Waals surface area contributed by atoms with Crippen LogP contribution in [0.4, 0.5) is 0 Å². The molecule has 0 atom stereocenters. The molecule has 4 aromatic heterocycles. The lowest BCUT2D eigenvalue weighted by Crippen LogP contribution is -2.03. The molecule has 1 aliphatic rings. The molecule has 0 spiro atoms. The van der Waals surface area contributed by atoms with E-state index in [0.29, 0.717) is 5.92 Å². The summed E-state index contributed by atoms with van der Waals surface area (Å²) in [5.74, 6) is 2.85. The maximum absolute atomic E-state index is 5.00. The number of hydrogen-bond donors (Lipinski definition) is 0. The summed E-state index contributed by atoms with van der Waals surface area (Å²) in [6.45, 7) is 6.06. The Morgan fingerprint density at radius 1 is 1.00 bits per heavy atom. The third-order valence-electron chi connectivity index (χ3n) is 5.50. The highest BCUT2D eigenvalue weighted by molar-refractivity contribution is 5.76. The van der Waals surface area contributed by atoms with Gasteiger partial charge in [-0.15, -0.1) is 5.10 Å². The Balaban J connectivity index is 1.78. The summed E-state index contributed by atoms with van der Waals surface area (Å²) in [6, 6.07) is 7.88. The number of rotatable bonds is 3. The second-order valence-electron chi connectivity index (χ2n) is 7.61. The van der Waals surface area contributed by atoms with Crippen molar-refractivity contribution in [1.82, 2.24) is 34.3 Å². The van der Waals surface area contributed by atoms with Gasteiger partial charge in [0.15, 0.2) is 23.1 Å². The summed E-state index contributed by atoms with van der Waals surface area (Å²) in [5.41, 5.74) is 4.65. The zero-order chi connectivity index (χ0) is 19.3. The molecule has 0 saturated heterocycles. The van der Waals surface area contributed by atoms with Crippen LogP contribution in [-0.4, -0.2) is 34.3 Å². The van der Waals surface area contributed by atoms with E-state index in [-0.39, 0.29) is 0 Å². The number of hydrogen-bond acceptors (Lipinski definition) is 5. The van der Waals surface area contributed by atoms with E-state index in [1.807, 2.05) is 54.2 Å². The number of nitrogens with zero attached hydrogens (tertiary/aromatic N) is 7. The molecule has 1 aliphatic carbocycles. The van der Waals surface area contributed by atoms with E-state index < -0.39 is 0 Å². The van der Waals surface area contributed by atoms with Gasteiger partial charge in [0.25, 0.3) is 0 Å². The van der Waals surface area contributed by atoms with Crippen LogP contribution in [0.5, 0.6) is 0 Å². The summed E-state index contributed by atoms with van der Waals surface area (Å²) in [4.78, 5) is 14.3. The molecule has 0 bridgehead atoms. The molecule has 0 amide bonds. The van der Waals surface area contributed by atoms with E-state index in [0.717, 1.165) is 58.6 Å². The quantitative estimate of drug-likeness (QED) is 0.543. The van der Waals surface area contributed by atoms with Crippen molar-refractivity contribution < 1.29 is 0 Å². The van der Waals surface area contributed by atoms with Crippen molar-refractivity contribution in [3.05, 3.63) is 53.4 Å². The Morgan fingerprint density at radius 3 is 2.57 bits per heavy atom. The van der Waals surface area contributed by atoms with Crippen LogP contribution in [-0.2, 0) is 0 Å². The van der Waals surface area contributed by atoms with Crippen LogP contribution >= 0.6 is 0 Å². The van der Waals surface area contributed by atoms with Gasteiger partial charge in [-0.1, -0.05) is 18.9 Å². The largest absolute Gasteiger partial charge is 0.237 e. The van der Waals surface area contributed by atoms with Crippen molar-refractivity contribution in [1.29, 1.82) is 0 Å². The fraction of sp³-hybridized carbons (Fsp3) is 0.381. The molecular weight excluding hydrogens is 350 g/mol. The SMILES string of the molecule is Cc1cc(C)n2nc(C)c(-c3nc(C4CCCC4)nn3-c3ccccn3)c2n1. The average Bonchev–Trinajstić information content (AvgIpc) is 3.40. The first-order valence-corrected chi connectivity index (χ1v) is 9.84. The minimum atomic E-state index is 0.419. The van der Waals surface area contributed by atoms with Gasteiger partial charge in [0.05, 0.1) is 11.3 Å². The van der Waals surface area contributed by atoms with Gasteiger partial charge < -0.3 is 0 Å². The van der Waals surface area contributed by atoms with Crippen LogP contribution in [0.25, 0.3) is 22.9 Å². The van der Waals surface area contributed by atoms with Crippen molar-refractivity contribution >= 4 is 5.65 Å². The lowest BCUT2D eigenvalue weighted by molar-refractivity contribution is 0.660. The molecule has 0 aliphatic heterocycles. The number of aryl methyl sites for hydroxylation is 3. The van der Waals surface area contributed by atoms with Gasteiger partial charge in [-0.3, -0.25) is 0 Å². The molecule has 28 heavy (non-hydrogen) atoms. The molecule has 0 radical (unpaired) electrons. The normalized spacial score (nSPS) is 15.0. The molecule has 5 rings (SSSR count). The molecule has 7 nitrogen and oxygen atoms in total. The highest BCUT2D eigenvalue weighted by atomic mass is 15.4. The molecule has 4 aromatic rings. The van der Waals surface area contributed by atoms with Crippen molar-refractivity contribution in [3.8, 4) is 17.2 Å². The maximum atomic E-state index is 5.00. The van der Waals surface area contributed by atoms with E-state index in [2.05, 4.69) is 4.98 Å². The summed E-state index contributed by atoms with van der Waals surface area (Å²) in [7, 11) is 0. The van der Waals surface area contributed by atoms with E-state index in [4.69, 9.17) is 20.2 Å². The fourth-order valence-electron chi connectivity index (χ4n) is 4.17. The van der Waals surface area contributed by atoms with Crippen molar-refractivity contribution in [2.75, 3.05) is 0 Å². The Bertz CT molecular complexity index is 1150. The predicted octanol–water partition coefficient (Wildman–Crippen LogP) is 3.95. The predicted molar refractivity (Wildman–Crippen MR) is 107 cm³/mol. The standard InChI is InChI=1S/C21H23N7/c1-13-12-14(2)27-20(23-13)18(15(3)25-27)21-24-19(16-8-4-5-9-16)26-28(21)17-10-6-7-11-22-17/h6-7,10-12,16H,4-5,8-9H2,1-3H3. The van der Waals surface area contributed by atoms with Crippen LogP contribution in [0.2, 0.25) is 0 Å². The first-order valence-electron chi connectivity index (χ1n) is 9.84. The molecule has 4 heterocycles. The van der Waals surface area contributed by atoms with Crippen LogP contribution in [0.3, 0.4) is 0 Å². The van der Waals surface area contributed by atoms with Crippen molar-refractivity contribution in [2.24, 2.45) is 0 Å². The minimum absolute atomic E-state index is 0.419. The fourth-order valence-corrected chi connectivity index (χ4v) is 4.17. The summed E-state index contributed by atoms with van der Waals surface area (Å²) < 4.78 is 3.75. The van der Waals surface area contributed by atoms with E-state index in [9.17, 15) is 0 Å². The molecule has 0 aromatic carbocycles. The van der Waals surface area contributed by atoms with Crippen LogP contribution < -0.4 is 0 Å². The first-order chi connectivity index (χ1) is 13.6. The van der Waals surface area contributed by atoms with Gasteiger partial charge in [-0.05, 0) is 51.8 Å². The number of aromatic nitrogens is 7. The highest BCUT2D eigenvalue weighted by Crippen LogP contribution is 2.35. The van der Waals surface area contributed by atoms with Crippen molar-refractivity contribution in [2.45, 2.75) is 52.4 Å². The zero-order valence-electron chi connectivity index (χ0n) is 16.4. The monoisotopic (exact) mass is 373 g/mol. The molecule has 1 fully saturated rings. The lowest BCUT2D eigenvalue weighted by atomic mass is 10.1. The Kier molecular flexibility index (Phi) is 3.96. The second-order valence-corrected chi connectivity index (χ2v) is 7.61. The van der Waals surface area contributed by atoms with Gasteiger partial charge in [-0.25, -0.2) is 19.5 Å². The first kappa shape index (κ1) is 17.0. The molecule has 7 heteroatoms. The van der Waals surface area contributed by atoms with E-state index in [1.54, 1.807) is 6.20 Å². The second kappa shape index (κ2) is 6.51. The minimum Gasteiger partial charge on any atom is -0.237 e. The zero-order valence-corrected chi connectivity index (χ0v) is 16.4. The van der Waals surface area contributed by atoms with Gasteiger partial charge in [-0.2, -0.15) is 9.78 Å². The third kappa shape index (κ3) is 2.69. The molecule has 0 N–H and O–H groups in total. The van der Waals surface area contributed by atoms with Gasteiger partial charge in [0.1, 0.15) is 0 Å². The topological polar surface area (TPSA) is 73.8 Å². The van der Waals surface area contributed by atoms with Gasteiger partial charge in [0.2, 0.25) is 0 Å². The summed E-state index contributed by atoms with van der Waals surface area (Å²) in [6.07, 6.45) is 6.57. The molecule has 0 unspecified atom stereocenters. The van der Waals surface area contributed by atoms with Gasteiger partial charge in [0, 0.05) is 23.5 Å². The van der Waals surface area contributed by atoms with Crippen molar-refractivity contribution in [3.63, 3.8) is 0 Å². The summed E-state index contributed by atoms with van der Waals surface area (Å²) in [5, 5.41) is 9.61. The van der Waals surface area contributed by atoms with E-state index >= 15 is 0 Å². The number of pyridine rings is 1. The van der Waals surface area contributed by atoms with E-state index in [1.165, 1.54) is 12.8 Å². The number of fused-ring (bicyclic) bond motifs is 1. The highest BCUT2D eigenvalue weighted by Gasteiger charge is 2.27. The molecule has 142 valence electrons. The van der Waals surface area contributed by atoms with Crippen LogP contribution in [0.1, 0.15) is 54.5 Å². The van der Waals surface area contributed by atoms with Gasteiger partial charge >= 0.3 is 0 Å². The smallest absolute Gasteiger partial charge is 0.171 e. The van der Waals surface area contributed by atoms with Crippen LogP contribution in [0, 0.1) is 20.8 Å².